The number of hydrogen-bond acceptors (Lipinski definition) is 5. The van der Waals surface area contributed by atoms with Crippen LogP contribution in [0.1, 0.15) is 21.0 Å². The predicted molar refractivity (Wildman–Crippen MR) is 84.9 cm³/mol. The number of nitrogens with zero attached hydrogens (tertiary/aromatic N) is 3. The molecular weight excluding hydrogens is 312 g/mol. The number of carbonyl (C=O) groups excluding carboxylic acids is 2. The van der Waals surface area contributed by atoms with Crippen molar-refractivity contribution >= 4 is 17.6 Å². The number of nitrogens with two attached hydrogens (primary N) is 1. The van der Waals surface area contributed by atoms with Crippen LogP contribution in [0.4, 0.5) is 5.82 Å². The van der Waals surface area contributed by atoms with E-state index in [1.54, 1.807) is 30.3 Å². The zero-order chi connectivity index (χ0) is 17.1. The van der Waals surface area contributed by atoms with E-state index in [2.05, 4.69) is 20.6 Å². The van der Waals surface area contributed by atoms with Crippen molar-refractivity contribution in [3.8, 4) is 5.69 Å². The topological polar surface area (TPSA) is 136 Å². The number of aromatic nitrogens is 4. The van der Waals surface area contributed by atoms with Crippen LogP contribution in [0.25, 0.3) is 5.69 Å². The smallest absolute Gasteiger partial charge is 0.277 e. The summed E-state index contributed by atoms with van der Waals surface area (Å²) in [4.78, 5) is 35.2. The van der Waals surface area contributed by atoms with Crippen LogP contribution in [0.2, 0.25) is 0 Å². The SMILES string of the molecule is NC(=O)c1cc(NC(=O)c2ccc(=O)n(-c3ccccc3)n2)n[nH]1. The minimum atomic E-state index is -0.696. The second-order valence-electron chi connectivity index (χ2n) is 4.79. The normalized spacial score (nSPS) is 10.3. The van der Waals surface area contributed by atoms with E-state index in [4.69, 9.17) is 5.73 Å². The Kier molecular flexibility index (Phi) is 3.89. The van der Waals surface area contributed by atoms with Gasteiger partial charge in [0.2, 0.25) is 0 Å². The fourth-order valence-electron chi connectivity index (χ4n) is 1.98. The second kappa shape index (κ2) is 6.16. The zero-order valence-electron chi connectivity index (χ0n) is 12.3. The Bertz CT molecular complexity index is 961. The highest BCUT2D eigenvalue weighted by Crippen LogP contribution is 2.07. The molecule has 0 saturated heterocycles. The molecule has 24 heavy (non-hydrogen) atoms. The lowest BCUT2D eigenvalue weighted by atomic mass is 10.3. The van der Waals surface area contributed by atoms with Crippen molar-refractivity contribution in [3.63, 3.8) is 0 Å². The van der Waals surface area contributed by atoms with Crippen molar-refractivity contribution in [2.45, 2.75) is 0 Å². The highest BCUT2D eigenvalue weighted by atomic mass is 16.2. The van der Waals surface area contributed by atoms with Gasteiger partial charge in [-0.25, -0.2) is 0 Å². The highest BCUT2D eigenvalue weighted by molar-refractivity contribution is 6.02. The van der Waals surface area contributed by atoms with Gasteiger partial charge in [-0.2, -0.15) is 14.9 Å². The van der Waals surface area contributed by atoms with E-state index in [0.717, 1.165) is 4.68 Å². The number of carbonyl (C=O) groups is 2. The van der Waals surface area contributed by atoms with E-state index in [1.165, 1.54) is 18.2 Å². The number of benzene rings is 1. The molecule has 1 aromatic carbocycles. The maximum absolute atomic E-state index is 12.2. The molecule has 0 aliphatic rings. The monoisotopic (exact) mass is 324 g/mol. The van der Waals surface area contributed by atoms with Gasteiger partial charge in [0.15, 0.2) is 5.82 Å². The minimum Gasteiger partial charge on any atom is -0.364 e. The van der Waals surface area contributed by atoms with Gasteiger partial charge in [0.1, 0.15) is 11.4 Å². The lowest BCUT2D eigenvalue weighted by Crippen LogP contribution is -2.24. The Balaban J connectivity index is 1.87. The molecule has 0 aliphatic carbocycles. The van der Waals surface area contributed by atoms with E-state index >= 15 is 0 Å². The van der Waals surface area contributed by atoms with Gasteiger partial charge in [0.05, 0.1) is 5.69 Å². The van der Waals surface area contributed by atoms with E-state index in [1.807, 2.05) is 0 Å². The van der Waals surface area contributed by atoms with E-state index < -0.39 is 11.8 Å². The molecule has 2 heterocycles. The Morgan fingerprint density at radius 3 is 2.54 bits per heavy atom. The molecule has 2 amide bonds. The maximum atomic E-state index is 12.2. The summed E-state index contributed by atoms with van der Waals surface area (Å²) >= 11 is 0. The molecule has 9 heteroatoms. The molecule has 3 aromatic rings. The Labute approximate surface area is 135 Å². The molecule has 0 bridgehead atoms. The number of para-hydroxylation sites is 1. The van der Waals surface area contributed by atoms with Gasteiger partial charge < -0.3 is 11.1 Å². The average molecular weight is 324 g/mol. The van der Waals surface area contributed by atoms with Crippen molar-refractivity contribution in [1.29, 1.82) is 0 Å². The van der Waals surface area contributed by atoms with E-state index in [0.29, 0.717) is 5.69 Å². The number of anilines is 1. The quantitative estimate of drug-likeness (QED) is 0.634. The number of H-pyrrole nitrogens is 1. The molecule has 2 aromatic heterocycles. The first-order valence-electron chi connectivity index (χ1n) is 6.87. The molecule has 0 atom stereocenters. The zero-order valence-corrected chi connectivity index (χ0v) is 12.3. The van der Waals surface area contributed by atoms with Crippen LogP contribution in [0, 0.1) is 0 Å². The third-order valence-electron chi connectivity index (χ3n) is 3.12. The van der Waals surface area contributed by atoms with Gasteiger partial charge in [-0.05, 0) is 18.2 Å². The van der Waals surface area contributed by atoms with Crippen LogP contribution in [0.15, 0.2) is 53.3 Å². The maximum Gasteiger partial charge on any atom is 0.277 e. The van der Waals surface area contributed by atoms with Crippen LogP contribution in [0.3, 0.4) is 0 Å². The largest absolute Gasteiger partial charge is 0.364 e. The third-order valence-corrected chi connectivity index (χ3v) is 3.12. The first kappa shape index (κ1) is 15.2. The van der Waals surface area contributed by atoms with Gasteiger partial charge in [0.25, 0.3) is 17.4 Å². The van der Waals surface area contributed by atoms with Crippen LogP contribution in [0.5, 0.6) is 0 Å². The first-order chi connectivity index (χ1) is 11.5. The number of primary amides is 1. The Morgan fingerprint density at radius 2 is 1.88 bits per heavy atom. The summed E-state index contributed by atoms with van der Waals surface area (Å²) in [6.45, 7) is 0. The Hall–Kier alpha value is -3.75. The van der Waals surface area contributed by atoms with Crippen molar-refractivity contribution in [2.24, 2.45) is 5.73 Å². The fraction of sp³-hybridized carbons (Fsp3) is 0. The lowest BCUT2D eigenvalue weighted by Gasteiger charge is -2.06. The van der Waals surface area contributed by atoms with Crippen molar-refractivity contribution in [1.82, 2.24) is 20.0 Å². The summed E-state index contributed by atoms with van der Waals surface area (Å²) in [7, 11) is 0. The predicted octanol–water partition coefficient (Wildman–Crippen LogP) is 0.307. The highest BCUT2D eigenvalue weighted by Gasteiger charge is 2.13. The molecule has 120 valence electrons. The first-order valence-corrected chi connectivity index (χ1v) is 6.87. The Morgan fingerprint density at radius 1 is 1.12 bits per heavy atom. The number of rotatable bonds is 4. The molecule has 0 spiro atoms. The van der Waals surface area contributed by atoms with Crippen molar-refractivity contribution in [2.75, 3.05) is 5.32 Å². The lowest BCUT2D eigenvalue weighted by molar-refractivity contribution is 0.0992. The van der Waals surface area contributed by atoms with E-state index in [9.17, 15) is 14.4 Å². The second-order valence-corrected chi connectivity index (χ2v) is 4.79. The van der Waals surface area contributed by atoms with Crippen LogP contribution in [-0.2, 0) is 0 Å². The van der Waals surface area contributed by atoms with Gasteiger partial charge in [-0.1, -0.05) is 18.2 Å². The van der Waals surface area contributed by atoms with Gasteiger partial charge in [-0.15, -0.1) is 0 Å². The average Bonchev–Trinajstić information content (AvgIpc) is 3.05. The molecule has 0 aliphatic heterocycles. The van der Waals surface area contributed by atoms with Crippen molar-refractivity contribution in [3.05, 3.63) is 70.3 Å². The number of amides is 2. The molecule has 4 N–H and O–H groups in total. The minimum absolute atomic E-state index is 0.0158. The molecular formula is C15H12N6O3. The van der Waals surface area contributed by atoms with Crippen LogP contribution >= 0.6 is 0 Å². The summed E-state index contributed by atoms with van der Waals surface area (Å²) in [6, 6.07) is 12.6. The number of hydrogen-bond donors (Lipinski definition) is 3. The summed E-state index contributed by atoms with van der Waals surface area (Å²) in [6.07, 6.45) is 0. The molecule has 9 nitrogen and oxygen atoms in total. The van der Waals surface area contributed by atoms with Crippen LogP contribution in [-0.4, -0.2) is 31.8 Å². The van der Waals surface area contributed by atoms with Crippen molar-refractivity contribution < 1.29 is 9.59 Å². The van der Waals surface area contributed by atoms with Crippen LogP contribution < -0.4 is 16.6 Å². The summed E-state index contributed by atoms with van der Waals surface area (Å²) < 4.78 is 1.12. The summed E-state index contributed by atoms with van der Waals surface area (Å²) in [5.41, 5.74) is 5.34. The van der Waals surface area contributed by atoms with Gasteiger partial charge in [-0.3, -0.25) is 19.5 Å². The van der Waals surface area contributed by atoms with Gasteiger partial charge in [0, 0.05) is 12.1 Å². The fourth-order valence-corrected chi connectivity index (χ4v) is 1.98. The molecule has 0 radical (unpaired) electrons. The molecule has 0 fully saturated rings. The summed E-state index contributed by atoms with van der Waals surface area (Å²) in [5, 5.41) is 12.6. The summed E-state index contributed by atoms with van der Waals surface area (Å²) in [5.74, 6) is -1.16. The third kappa shape index (κ3) is 3.04. The van der Waals surface area contributed by atoms with Gasteiger partial charge >= 0.3 is 0 Å². The molecule has 0 saturated carbocycles. The number of aromatic amines is 1. The molecule has 0 unspecified atom stereocenters. The van der Waals surface area contributed by atoms with E-state index in [-0.39, 0.29) is 22.8 Å². The standard InChI is InChI=1S/C15H12N6O3/c16-14(23)11-8-12(19-18-11)17-15(24)10-6-7-13(22)21(20-10)9-4-2-1-3-5-9/h1-8H,(H2,16,23)(H2,17,18,19,24). The number of nitrogens with one attached hydrogen (secondary N) is 2. The molecule has 3 rings (SSSR count).